The lowest BCUT2D eigenvalue weighted by Gasteiger charge is -2.23. The number of hydrogen-bond donors (Lipinski definition) is 2. The van der Waals surface area contributed by atoms with E-state index in [-0.39, 0.29) is 36.7 Å². The van der Waals surface area contributed by atoms with Gasteiger partial charge in [0, 0.05) is 19.3 Å². The van der Waals surface area contributed by atoms with E-state index in [1.807, 2.05) is 0 Å². The zero-order valence-corrected chi connectivity index (χ0v) is 12.2. The van der Waals surface area contributed by atoms with Gasteiger partial charge in [-0.3, -0.25) is 14.6 Å². The number of carbonyl (C=O) groups excluding carboxylic acids is 2. The van der Waals surface area contributed by atoms with E-state index >= 15 is 0 Å². The number of likely N-dealkylation sites (N-methyl/N-ethyl adjacent to an activating group) is 1. The quantitative estimate of drug-likeness (QED) is 0.843. The Morgan fingerprint density at radius 3 is 2.85 bits per heavy atom. The molecule has 0 aromatic carbocycles. The monoisotopic (exact) mass is 298 g/mol. The van der Waals surface area contributed by atoms with Gasteiger partial charge in [-0.25, -0.2) is 0 Å². The number of rotatable bonds is 3. The van der Waals surface area contributed by atoms with Gasteiger partial charge in [-0.1, -0.05) is 0 Å². The van der Waals surface area contributed by atoms with Crippen molar-refractivity contribution in [1.82, 2.24) is 15.2 Å². The first-order valence-electron chi connectivity index (χ1n) is 6.33. The van der Waals surface area contributed by atoms with Gasteiger partial charge in [-0.05, 0) is 25.0 Å². The number of likely N-dealkylation sites (tertiary alicyclic amines) is 1. The van der Waals surface area contributed by atoms with Crippen LogP contribution in [0.15, 0.2) is 18.3 Å². The van der Waals surface area contributed by atoms with Crippen LogP contribution in [0.2, 0.25) is 0 Å². The summed E-state index contributed by atoms with van der Waals surface area (Å²) in [7, 11) is 1.59. The molecule has 2 amide bonds. The Hall–Kier alpha value is -1.82. The summed E-state index contributed by atoms with van der Waals surface area (Å²) in [5, 5.41) is 2.60. The summed E-state index contributed by atoms with van der Waals surface area (Å²) in [6, 6.07) is 3.11. The molecule has 1 aromatic heterocycles. The number of halogens is 1. The molecule has 1 saturated heterocycles. The van der Waals surface area contributed by atoms with Gasteiger partial charge in [0.25, 0.3) is 0 Å². The predicted octanol–water partition coefficient (Wildman–Crippen LogP) is 0.365. The Morgan fingerprint density at radius 1 is 1.50 bits per heavy atom. The Kier molecular flexibility index (Phi) is 5.76. The van der Waals surface area contributed by atoms with E-state index in [0.717, 1.165) is 12.8 Å². The van der Waals surface area contributed by atoms with Crippen molar-refractivity contribution in [2.75, 3.05) is 19.3 Å². The Balaban J connectivity index is 0.00000200. The van der Waals surface area contributed by atoms with E-state index in [2.05, 4.69) is 10.3 Å². The third kappa shape index (κ3) is 3.60. The topological polar surface area (TPSA) is 88.3 Å². The van der Waals surface area contributed by atoms with Gasteiger partial charge in [0.2, 0.25) is 11.8 Å². The maximum atomic E-state index is 12.2. The number of anilines is 1. The number of hydrogen-bond acceptors (Lipinski definition) is 4. The van der Waals surface area contributed by atoms with E-state index < -0.39 is 0 Å². The van der Waals surface area contributed by atoms with E-state index in [1.165, 1.54) is 6.20 Å². The van der Waals surface area contributed by atoms with Gasteiger partial charge < -0.3 is 16.0 Å². The Morgan fingerprint density at radius 2 is 2.25 bits per heavy atom. The number of nitrogen functional groups attached to an aromatic ring is 1. The zero-order chi connectivity index (χ0) is 13.8. The lowest BCUT2D eigenvalue weighted by Crippen LogP contribution is -2.45. The van der Waals surface area contributed by atoms with Crippen LogP contribution in [0.3, 0.4) is 0 Å². The molecular weight excluding hydrogens is 280 g/mol. The van der Waals surface area contributed by atoms with Gasteiger partial charge in [0.1, 0.15) is 6.04 Å². The van der Waals surface area contributed by atoms with Crippen molar-refractivity contribution in [3.05, 3.63) is 24.0 Å². The molecule has 7 heteroatoms. The summed E-state index contributed by atoms with van der Waals surface area (Å²) >= 11 is 0. The molecule has 1 aliphatic heterocycles. The fourth-order valence-electron chi connectivity index (χ4n) is 2.30. The highest BCUT2D eigenvalue weighted by molar-refractivity contribution is 5.88. The average molecular weight is 299 g/mol. The van der Waals surface area contributed by atoms with Gasteiger partial charge in [-0.15, -0.1) is 12.4 Å². The second-order valence-electron chi connectivity index (χ2n) is 4.62. The zero-order valence-electron chi connectivity index (χ0n) is 11.3. The summed E-state index contributed by atoms with van der Waals surface area (Å²) in [5.41, 5.74) is 6.79. The van der Waals surface area contributed by atoms with Crippen molar-refractivity contribution >= 4 is 29.9 Å². The maximum Gasteiger partial charge on any atom is 0.242 e. The third-order valence-electron chi connectivity index (χ3n) is 3.30. The van der Waals surface area contributed by atoms with E-state index in [4.69, 9.17) is 5.73 Å². The fraction of sp³-hybridized carbons (Fsp3) is 0.462. The number of aromatic nitrogens is 1. The molecule has 3 N–H and O–H groups in total. The summed E-state index contributed by atoms with van der Waals surface area (Å²) in [6.45, 7) is 0.631. The average Bonchev–Trinajstić information content (AvgIpc) is 2.90. The Bertz CT molecular complexity index is 478. The van der Waals surface area contributed by atoms with E-state index in [0.29, 0.717) is 17.9 Å². The number of amides is 2. The van der Waals surface area contributed by atoms with Gasteiger partial charge in [-0.2, -0.15) is 0 Å². The van der Waals surface area contributed by atoms with Crippen LogP contribution in [0.5, 0.6) is 0 Å². The minimum absolute atomic E-state index is 0. The second kappa shape index (κ2) is 7.09. The third-order valence-corrected chi connectivity index (χ3v) is 3.30. The molecule has 0 aliphatic carbocycles. The number of nitrogens with one attached hydrogen (secondary N) is 1. The molecule has 6 nitrogen and oxygen atoms in total. The van der Waals surface area contributed by atoms with Crippen molar-refractivity contribution in [3.8, 4) is 0 Å². The minimum Gasteiger partial charge on any atom is -0.397 e. The molecule has 1 fully saturated rings. The largest absolute Gasteiger partial charge is 0.397 e. The van der Waals surface area contributed by atoms with E-state index in [1.54, 1.807) is 24.1 Å². The lowest BCUT2D eigenvalue weighted by molar-refractivity contribution is -0.137. The smallest absolute Gasteiger partial charge is 0.242 e. The molecule has 1 aliphatic rings. The second-order valence-corrected chi connectivity index (χ2v) is 4.62. The number of pyridine rings is 1. The van der Waals surface area contributed by atoms with Crippen LogP contribution in [0.1, 0.15) is 18.5 Å². The molecule has 0 spiro atoms. The van der Waals surface area contributed by atoms with Crippen molar-refractivity contribution in [2.45, 2.75) is 25.3 Å². The molecule has 1 aromatic rings. The van der Waals surface area contributed by atoms with Crippen molar-refractivity contribution in [2.24, 2.45) is 0 Å². The van der Waals surface area contributed by atoms with Crippen molar-refractivity contribution in [1.29, 1.82) is 0 Å². The number of nitrogens with zero attached hydrogens (tertiary/aromatic N) is 2. The highest BCUT2D eigenvalue weighted by Gasteiger charge is 2.33. The first-order valence-corrected chi connectivity index (χ1v) is 6.33. The van der Waals surface area contributed by atoms with Crippen LogP contribution in [0.25, 0.3) is 0 Å². The molecule has 2 rings (SSSR count). The molecule has 1 unspecified atom stereocenters. The highest BCUT2D eigenvalue weighted by Crippen LogP contribution is 2.18. The fourth-order valence-corrected chi connectivity index (χ4v) is 2.30. The van der Waals surface area contributed by atoms with Crippen LogP contribution >= 0.6 is 12.4 Å². The molecule has 0 radical (unpaired) electrons. The highest BCUT2D eigenvalue weighted by atomic mass is 35.5. The van der Waals surface area contributed by atoms with Crippen molar-refractivity contribution in [3.63, 3.8) is 0 Å². The van der Waals surface area contributed by atoms with Crippen LogP contribution < -0.4 is 11.1 Å². The Labute approximate surface area is 124 Å². The van der Waals surface area contributed by atoms with E-state index in [9.17, 15) is 9.59 Å². The first-order chi connectivity index (χ1) is 9.11. The normalized spacial score (nSPS) is 17.4. The lowest BCUT2D eigenvalue weighted by atomic mass is 10.2. The standard InChI is InChI=1S/C13H18N4O2.ClH/c1-15-13(19)11-3-2-6-17(11)12(18)7-10-5-4-9(14)8-16-10;/h4-5,8,11H,2-3,6-7,14H2,1H3,(H,15,19);1H. The van der Waals surface area contributed by atoms with Gasteiger partial charge in [0.05, 0.1) is 18.3 Å². The van der Waals surface area contributed by atoms with Crippen molar-refractivity contribution < 1.29 is 9.59 Å². The predicted molar refractivity (Wildman–Crippen MR) is 78.4 cm³/mol. The minimum atomic E-state index is -0.341. The van der Waals surface area contributed by atoms with Crippen LogP contribution in [0.4, 0.5) is 5.69 Å². The molecule has 2 heterocycles. The van der Waals surface area contributed by atoms with Crippen LogP contribution in [-0.2, 0) is 16.0 Å². The first kappa shape index (κ1) is 16.2. The van der Waals surface area contributed by atoms with Gasteiger partial charge in [0.15, 0.2) is 0 Å². The molecule has 110 valence electrons. The number of carbonyl (C=O) groups is 2. The molecule has 20 heavy (non-hydrogen) atoms. The molecular formula is C13H19ClN4O2. The molecule has 1 atom stereocenters. The summed E-state index contributed by atoms with van der Waals surface area (Å²) < 4.78 is 0. The summed E-state index contributed by atoms with van der Waals surface area (Å²) in [5.74, 6) is -0.167. The molecule has 0 saturated carbocycles. The number of nitrogens with two attached hydrogens (primary N) is 1. The summed E-state index contributed by atoms with van der Waals surface area (Å²) in [4.78, 5) is 29.6. The SMILES string of the molecule is CNC(=O)C1CCCN1C(=O)Cc1ccc(N)cn1.Cl. The van der Waals surface area contributed by atoms with Gasteiger partial charge >= 0.3 is 0 Å². The molecule has 0 bridgehead atoms. The summed E-state index contributed by atoms with van der Waals surface area (Å²) in [6.07, 6.45) is 3.32. The van der Waals surface area contributed by atoms with Crippen LogP contribution in [-0.4, -0.2) is 41.3 Å². The van der Waals surface area contributed by atoms with Crippen LogP contribution in [0, 0.1) is 0 Å². The maximum absolute atomic E-state index is 12.2.